The molecule has 0 atom stereocenters. The van der Waals surface area contributed by atoms with E-state index in [1.807, 2.05) is 54.6 Å². The molecule has 33 heavy (non-hydrogen) atoms. The highest BCUT2D eigenvalue weighted by Crippen LogP contribution is 2.30. The molecule has 5 aromatic rings. The number of anilines is 1. The molecule has 0 bridgehead atoms. The van der Waals surface area contributed by atoms with Crippen LogP contribution in [0.3, 0.4) is 0 Å². The fraction of sp³-hybridized carbons (Fsp3) is 0.115. The molecule has 0 N–H and O–H groups in total. The quantitative estimate of drug-likeness (QED) is 0.347. The lowest BCUT2D eigenvalue weighted by atomic mass is 10.1. The van der Waals surface area contributed by atoms with E-state index in [0.29, 0.717) is 23.9 Å². The van der Waals surface area contributed by atoms with Crippen molar-refractivity contribution in [1.82, 2.24) is 9.55 Å². The molecule has 0 radical (unpaired) electrons. The Morgan fingerprint density at radius 1 is 0.939 bits per heavy atom. The van der Waals surface area contributed by atoms with Crippen LogP contribution >= 0.6 is 11.3 Å². The molecule has 0 aliphatic carbocycles. The third-order valence-electron chi connectivity index (χ3n) is 5.32. The average molecular weight is 456 g/mol. The number of hydrogen-bond acceptors (Lipinski definition) is 5. The van der Waals surface area contributed by atoms with Gasteiger partial charge in [-0.15, -0.1) is 0 Å². The minimum absolute atomic E-state index is 0.124. The maximum Gasteiger partial charge on any atom is 0.295 e. The average Bonchev–Trinajstić information content (AvgIpc) is 3.48. The zero-order valence-corrected chi connectivity index (χ0v) is 18.6. The van der Waals surface area contributed by atoms with Gasteiger partial charge in [-0.25, -0.2) is 4.98 Å². The van der Waals surface area contributed by atoms with Gasteiger partial charge in [-0.2, -0.15) is 0 Å². The fourth-order valence-electron chi connectivity index (χ4n) is 3.62. The number of furan rings is 1. The predicted molar refractivity (Wildman–Crippen MR) is 130 cm³/mol. The molecule has 3 aromatic heterocycles. The van der Waals surface area contributed by atoms with Gasteiger partial charge in [0.15, 0.2) is 10.9 Å². The normalized spacial score (nSPS) is 11.0. The first-order valence-electron chi connectivity index (χ1n) is 10.6. The molecule has 0 aliphatic heterocycles. The van der Waals surface area contributed by atoms with Gasteiger partial charge in [0.1, 0.15) is 5.76 Å². The molecule has 164 valence electrons. The Kier molecular flexibility index (Phi) is 5.87. The van der Waals surface area contributed by atoms with Crippen LogP contribution in [-0.4, -0.2) is 22.0 Å². The van der Waals surface area contributed by atoms with Crippen LogP contribution in [0.25, 0.3) is 10.2 Å². The molecule has 2 aromatic carbocycles. The van der Waals surface area contributed by atoms with Gasteiger partial charge < -0.3 is 8.98 Å². The summed E-state index contributed by atoms with van der Waals surface area (Å²) in [6.45, 7) is 0.731. The molecular formula is C26H21N3O3S. The molecule has 6 nitrogen and oxygen atoms in total. The number of fused-ring (bicyclic) bond motifs is 1. The van der Waals surface area contributed by atoms with E-state index in [4.69, 9.17) is 9.40 Å². The standard InChI is InChI=1S/C26H21N3O3S/c30-24-12-6-7-16-28(24)18-20-13-14-22(32-20)25(31)29(17-15-19-8-2-1-3-9-19)26-27-21-10-4-5-11-23(21)33-26/h1-14,16H,15,17-18H2. The summed E-state index contributed by atoms with van der Waals surface area (Å²) in [5.74, 6) is 0.511. The van der Waals surface area contributed by atoms with Crippen molar-refractivity contribution in [3.8, 4) is 0 Å². The molecule has 3 heterocycles. The van der Waals surface area contributed by atoms with Gasteiger partial charge in [0.2, 0.25) is 0 Å². The number of pyridine rings is 1. The van der Waals surface area contributed by atoms with Crippen molar-refractivity contribution in [3.05, 3.63) is 119 Å². The van der Waals surface area contributed by atoms with Crippen molar-refractivity contribution < 1.29 is 9.21 Å². The smallest absolute Gasteiger partial charge is 0.295 e. The number of para-hydroxylation sites is 1. The van der Waals surface area contributed by atoms with E-state index in [0.717, 1.165) is 15.8 Å². The van der Waals surface area contributed by atoms with Gasteiger partial charge in [-0.3, -0.25) is 14.5 Å². The number of aromatic nitrogens is 2. The second-order valence-corrected chi connectivity index (χ2v) is 8.60. The molecule has 1 amide bonds. The van der Waals surface area contributed by atoms with Crippen molar-refractivity contribution in [2.45, 2.75) is 13.0 Å². The number of carbonyl (C=O) groups is 1. The zero-order valence-electron chi connectivity index (χ0n) is 17.8. The molecule has 0 aliphatic rings. The maximum atomic E-state index is 13.5. The predicted octanol–water partition coefficient (Wildman–Crippen LogP) is 4.99. The van der Waals surface area contributed by atoms with Crippen LogP contribution < -0.4 is 10.5 Å². The Hall–Kier alpha value is -3.97. The van der Waals surface area contributed by atoms with Gasteiger partial charge in [0.25, 0.3) is 11.5 Å². The lowest BCUT2D eigenvalue weighted by Gasteiger charge is -2.18. The fourth-order valence-corrected chi connectivity index (χ4v) is 4.61. The number of carbonyl (C=O) groups excluding carboxylic acids is 1. The molecule has 0 saturated carbocycles. The van der Waals surface area contributed by atoms with Crippen molar-refractivity contribution in [2.75, 3.05) is 11.4 Å². The summed E-state index contributed by atoms with van der Waals surface area (Å²) in [5.41, 5.74) is 1.87. The topological polar surface area (TPSA) is 68.3 Å². The number of thiazole rings is 1. The Labute approximate surface area is 194 Å². The van der Waals surface area contributed by atoms with Gasteiger partial charge in [-0.1, -0.05) is 59.9 Å². The van der Waals surface area contributed by atoms with Gasteiger partial charge in [0.05, 0.1) is 16.8 Å². The Balaban J connectivity index is 1.43. The third-order valence-corrected chi connectivity index (χ3v) is 6.38. The highest BCUT2D eigenvalue weighted by atomic mass is 32.1. The number of rotatable bonds is 7. The number of benzene rings is 2. The Bertz CT molecular complexity index is 1420. The summed E-state index contributed by atoms with van der Waals surface area (Å²) in [4.78, 5) is 31.9. The molecule has 0 unspecified atom stereocenters. The van der Waals surface area contributed by atoms with E-state index >= 15 is 0 Å². The third kappa shape index (κ3) is 4.63. The monoisotopic (exact) mass is 455 g/mol. The van der Waals surface area contributed by atoms with Gasteiger partial charge in [0, 0.05) is 18.8 Å². The summed E-state index contributed by atoms with van der Waals surface area (Å²) in [6.07, 6.45) is 2.38. The molecule has 7 heteroatoms. The first-order valence-corrected chi connectivity index (χ1v) is 11.4. The lowest BCUT2D eigenvalue weighted by Crippen LogP contribution is -2.32. The van der Waals surface area contributed by atoms with E-state index < -0.39 is 0 Å². The first-order chi connectivity index (χ1) is 16.2. The molecule has 0 spiro atoms. The molecule has 0 saturated heterocycles. The summed E-state index contributed by atoms with van der Waals surface area (Å²) in [5, 5.41) is 0.634. The number of hydrogen-bond donors (Lipinski definition) is 0. The first kappa shape index (κ1) is 20.9. The van der Waals surface area contributed by atoms with E-state index in [2.05, 4.69) is 0 Å². The van der Waals surface area contributed by atoms with Crippen molar-refractivity contribution >= 4 is 32.6 Å². The van der Waals surface area contributed by atoms with Gasteiger partial charge in [-0.05, 0) is 42.3 Å². The van der Waals surface area contributed by atoms with Crippen LogP contribution in [0.1, 0.15) is 21.9 Å². The minimum atomic E-state index is -0.253. The minimum Gasteiger partial charge on any atom is -0.454 e. The Morgan fingerprint density at radius 2 is 1.73 bits per heavy atom. The van der Waals surface area contributed by atoms with Crippen LogP contribution in [0.5, 0.6) is 0 Å². The Morgan fingerprint density at radius 3 is 2.55 bits per heavy atom. The van der Waals surface area contributed by atoms with E-state index in [9.17, 15) is 9.59 Å². The van der Waals surface area contributed by atoms with E-state index in [1.165, 1.54) is 22.0 Å². The second-order valence-electron chi connectivity index (χ2n) is 7.59. The molecule has 5 rings (SSSR count). The maximum absolute atomic E-state index is 13.5. The van der Waals surface area contributed by atoms with Crippen molar-refractivity contribution in [3.63, 3.8) is 0 Å². The van der Waals surface area contributed by atoms with Crippen LogP contribution in [0.15, 0.2) is 100 Å². The highest BCUT2D eigenvalue weighted by Gasteiger charge is 2.24. The zero-order chi connectivity index (χ0) is 22.6. The highest BCUT2D eigenvalue weighted by molar-refractivity contribution is 7.22. The molecule has 0 fully saturated rings. The van der Waals surface area contributed by atoms with Crippen molar-refractivity contribution in [2.24, 2.45) is 0 Å². The molecular weight excluding hydrogens is 434 g/mol. The summed E-state index contributed by atoms with van der Waals surface area (Å²) >= 11 is 1.48. The second kappa shape index (κ2) is 9.26. The van der Waals surface area contributed by atoms with E-state index in [-0.39, 0.29) is 23.8 Å². The van der Waals surface area contributed by atoms with Crippen LogP contribution in [0, 0.1) is 0 Å². The summed E-state index contributed by atoms with van der Waals surface area (Å²) in [6, 6.07) is 26.3. The SMILES string of the molecule is O=C(c1ccc(Cn2ccccc2=O)o1)N(CCc1ccccc1)c1nc2ccccc2s1. The lowest BCUT2D eigenvalue weighted by molar-refractivity contribution is 0.0958. The van der Waals surface area contributed by atoms with E-state index in [1.54, 1.807) is 35.4 Å². The summed E-state index contributed by atoms with van der Waals surface area (Å²) in [7, 11) is 0. The van der Waals surface area contributed by atoms with Crippen molar-refractivity contribution in [1.29, 1.82) is 0 Å². The van der Waals surface area contributed by atoms with Crippen LogP contribution in [0.4, 0.5) is 5.13 Å². The van der Waals surface area contributed by atoms with Crippen LogP contribution in [0.2, 0.25) is 0 Å². The van der Waals surface area contributed by atoms with Gasteiger partial charge >= 0.3 is 0 Å². The largest absolute Gasteiger partial charge is 0.454 e. The summed E-state index contributed by atoms with van der Waals surface area (Å²) < 4.78 is 8.42. The number of nitrogens with zero attached hydrogens (tertiary/aromatic N) is 3. The number of amides is 1. The van der Waals surface area contributed by atoms with Crippen LogP contribution in [-0.2, 0) is 13.0 Å².